The number of rotatable bonds is 3. The van der Waals surface area contributed by atoms with Gasteiger partial charge in [-0.2, -0.15) is 0 Å². The normalized spacial score (nSPS) is 23.2. The van der Waals surface area contributed by atoms with Crippen molar-refractivity contribution in [2.45, 2.75) is 80.6 Å². The average Bonchev–Trinajstić information content (AvgIpc) is 2.92. The molecule has 0 unspecified atom stereocenters. The van der Waals surface area contributed by atoms with Crippen molar-refractivity contribution in [1.29, 1.82) is 0 Å². The molecule has 128 valence electrons. The van der Waals surface area contributed by atoms with Gasteiger partial charge in [0.25, 0.3) is 0 Å². The zero-order valence-electron chi connectivity index (χ0n) is 16.4. The molecule has 0 spiro atoms. The lowest BCUT2D eigenvalue weighted by atomic mass is 9.72. The highest BCUT2D eigenvalue weighted by Crippen LogP contribution is 2.40. The van der Waals surface area contributed by atoms with Gasteiger partial charge in [-0.3, -0.25) is 0 Å². The summed E-state index contributed by atoms with van der Waals surface area (Å²) in [6.45, 7) is 15.5. The maximum absolute atomic E-state index is 2.38. The van der Waals surface area contributed by atoms with Crippen LogP contribution in [0.4, 0.5) is 0 Å². The Kier molecular flexibility index (Phi) is 7.82. The van der Waals surface area contributed by atoms with Crippen molar-refractivity contribution < 1.29 is 0 Å². The van der Waals surface area contributed by atoms with E-state index in [2.05, 4.69) is 65.0 Å². The van der Waals surface area contributed by atoms with Gasteiger partial charge in [0.05, 0.1) is 0 Å². The number of hydrogen-bond acceptors (Lipinski definition) is 0. The zero-order chi connectivity index (χ0) is 17.5. The lowest BCUT2D eigenvalue weighted by Gasteiger charge is -2.32. The van der Waals surface area contributed by atoms with Crippen LogP contribution in [0.15, 0.2) is 58.2 Å². The van der Waals surface area contributed by atoms with Gasteiger partial charge in [0.2, 0.25) is 0 Å². The van der Waals surface area contributed by atoms with E-state index < -0.39 is 0 Å². The summed E-state index contributed by atoms with van der Waals surface area (Å²) in [6, 6.07) is 0. The third-order valence-electron chi connectivity index (χ3n) is 4.86. The summed E-state index contributed by atoms with van der Waals surface area (Å²) in [5.74, 6) is 0. The first kappa shape index (κ1) is 19.7. The van der Waals surface area contributed by atoms with Crippen LogP contribution in [0.1, 0.15) is 80.6 Å². The molecule has 2 rings (SSSR count). The van der Waals surface area contributed by atoms with Gasteiger partial charge < -0.3 is 0 Å². The van der Waals surface area contributed by atoms with Gasteiger partial charge in [-0.15, -0.1) is 0 Å². The highest BCUT2D eigenvalue weighted by molar-refractivity contribution is 5.38. The minimum absolute atomic E-state index is 0.336. The van der Waals surface area contributed by atoms with E-state index in [1.807, 2.05) is 13.8 Å². The topological polar surface area (TPSA) is 0 Å². The van der Waals surface area contributed by atoms with Gasteiger partial charge in [0.15, 0.2) is 0 Å². The summed E-state index contributed by atoms with van der Waals surface area (Å²) < 4.78 is 0. The fourth-order valence-electron chi connectivity index (χ4n) is 3.45. The molecule has 2 aliphatic rings. The van der Waals surface area contributed by atoms with Crippen LogP contribution < -0.4 is 0 Å². The molecule has 0 atom stereocenters. The molecule has 0 N–H and O–H groups in total. The molecule has 0 saturated heterocycles. The van der Waals surface area contributed by atoms with Crippen LogP contribution in [-0.2, 0) is 0 Å². The molecular weight excluding hydrogens is 276 g/mol. The third-order valence-corrected chi connectivity index (χ3v) is 4.86. The van der Waals surface area contributed by atoms with E-state index in [1.54, 1.807) is 11.1 Å². The summed E-state index contributed by atoms with van der Waals surface area (Å²) in [7, 11) is 0. The van der Waals surface area contributed by atoms with E-state index in [9.17, 15) is 0 Å². The Morgan fingerprint density at radius 3 is 2.35 bits per heavy atom. The predicted molar refractivity (Wildman–Crippen MR) is 106 cm³/mol. The highest BCUT2D eigenvalue weighted by Gasteiger charge is 2.26. The second-order valence-electron chi connectivity index (χ2n) is 7.41. The van der Waals surface area contributed by atoms with E-state index in [-0.39, 0.29) is 0 Å². The molecular formula is C23H36. The van der Waals surface area contributed by atoms with E-state index >= 15 is 0 Å². The first-order valence-electron chi connectivity index (χ1n) is 9.31. The van der Waals surface area contributed by atoms with Gasteiger partial charge in [-0.1, -0.05) is 74.8 Å². The van der Waals surface area contributed by atoms with Crippen molar-refractivity contribution in [3.63, 3.8) is 0 Å². The van der Waals surface area contributed by atoms with E-state index in [0.717, 1.165) is 0 Å². The number of allylic oxidation sites excluding steroid dienone is 10. The maximum atomic E-state index is 2.38. The molecule has 23 heavy (non-hydrogen) atoms. The Labute approximate surface area is 144 Å². The largest absolute Gasteiger partial charge is 0.0727 e. The van der Waals surface area contributed by atoms with Crippen LogP contribution in [0, 0.1) is 5.41 Å². The van der Waals surface area contributed by atoms with E-state index in [0.29, 0.717) is 5.41 Å². The van der Waals surface area contributed by atoms with Crippen molar-refractivity contribution in [3.8, 4) is 0 Å². The molecule has 0 nitrogen and oxygen atoms in total. The van der Waals surface area contributed by atoms with Crippen LogP contribution in [0.3, 0.4) is 0 Å². The average molecular weight is 313 g/mol. The summed E-state index contributed by atoms with van der Waals surface area (Å²) in [5.41, 5.74) is 7.76. The van der Waals surface area contributed by atoms with Crippen LogP contribution in [-0.4, -0.2) is 0 Å². The van der Waals surface area contributed by atoms with E-state index in [1.165, 1.54) is 48.8 Å². The molecule has 0 aliphatic heterocycles. The molecule has 0 radical (unpaired) electrons. The lowest BCUT2D eigenvalue weighted by Crippen LogP contribution is -2.19. The molecule has 0 fully saturated rings. The van der Waals surface area contributed by atoms with Crippen LogP contribution >= 0.6 is 0 Å². The van der Waals surface area contributed by atoms with Crippen molar-refractivity contribution in [2.75, 3.05) is 0 Å². The van der Waals surface area contributed by atoms with Gasteiger partial charge in [0, 0.05) is 0 Å². The smallest absolute Gasteiger partial charge is 0.0104 e. The van der Waals surface area contributed by atoms with Crippen LogP contribution in [0.5, 0.6) is 0 Å². The van der Waals surface area contributed by atoms with Crippen molar-refractivity contribution in [3.05, 3.63) is 58.2 Å². The van der Waals surface area contributed by atoms with Crippen LogP contribution in [0.2, 0.25) is 0 Å². The summed E-state index contributed by atoms with van der Waals surface area (Å²) in [5, 5.41) is 0. The van der Waals surface area contributed by atoms with Crippen LogP contribution in [0.25, 0.3) is 0 Å². The monoisotopic (exact) mass is 312 g/mol. The Hall–Kier alpha value is -1.30. The molecule has 0 aromatic carbocycles. The Bertz CT molecular complexity index is 545. The summed E-state index contributed by atoms with van der Waals surface area (Å²) in [4.78, 5) is 0. The van der Waals surface area contributed by atoms with Gasteiger partial charge in [-0.05, 0) is 69.4 Å². The second kappa shape index (κ2) is 9.11. The van der Waals surface area contributed by atoms with Crippen molar-refractivity contribution in [2.24, 2.45) is 5.41 Å². The number of hydrogen-bond donors (Lipinski definition) is 0. The quantitative estimate of drug-likeness (QED) is 0.468. The molecule has 0 aromatic heterocycles. The Balaban J connectivity index is 0.00000127. The molecule has 0 bridgehead atoms. The molecule has 2 aliphatic carbocycles. The standard InChI is InChI=1S/C21H30.C2H6/c1-16(8-11-19-12-9-17(2)15-19)10-13-20-18(3)7-6-14-21(20,4)5;1-2/h8,10-11,13,15H,6-7,9,12,14H2,1-5H3;1-2H3/b13-10+,16-8+,19-11-;. The first-order chi connectivity index (χ1) is 10.9. The maximum Gasteiger partial charge on any atom is -0.0104 e. The SMILES string of the molecule is CC.CC1=C\C(=C/C=C(C)/C=C/C2=C(C)CCCC2(C)C)CC1. The Morgan fingerprint density at radius 2 is 1.78 bits per heavy atom. The Morgan fingerprint density at radius 1 is 1.09 bits per heavy atom. The summed E-state index contributed by atoms with van der Waals surface area (Å²) in [6.07, 6.45) is 17.8. The fraction of sp³-hybridized carbons (Fsp3) is 0.565. The zero-order valence-corrected chi connectivity index (χ0v) is 16.4. The van der Waals surface area contributed by atoms with E-state index in [4.69, 9.17) is 0 Å². The van der Waals surface area contributed by atoms with Gasteiger partial charge in [0.1, 0.15) is 0 Å². The fourth-order valence-corrected chi connectivity index (χ4v) is 3.45. The molecule has 0 aromatic rings. The predicted octanol–water partition coefficient (Wildman–Crippen LogP) is 7.71. The third kappa shape index (κ3) is 6.01. The minimum Gasteiger partial charge on any atom is -0.0727 e. The van der Waals surface area contributed by atoms with Gasteiger partial charge in [-0.25, -0.2) is 0 Å². The summed E-state index contributed by atoms with van der Waals surface area (Å²) >= 11 is 0. The molecule has 0 amide bonds. The lowest BCUT2D eigenvalue weighted by molar-refractivity contribution is 0.377. The van der Waals surface area contributed by atoms with Crippen molar-refractivity contribution in [1.82, 2.24) is 0 Å². The molecule has 0 heterocycles. The minimum atomic E-state index is 0.336. The molecule has 0 heteroatoms. The first-order valence-corrected chi connectivity index (χ1v) is 9.31. The van der Waals surface area contributed by atoms with Gasteiger partial charge >= 0.3 is 0 Å². The van der Waals surface area contributed by atoms with Crippen molar-refractivity contribution >= 4 is 0 Å². The highest BCUT2D eigenvalue weighted by atomic mass is 14.3. The molecule has 0 saturated carbocycles. The second-order valence-corrected chi connectivity index (χ2v) is 7.41.